The molecule has 2 heterocycles. The number of aromatic nitrogens is 3. The van der Waals surface area contributed by atoms with Crippen molar-refractivity contribution in [3.63, 3.8) is 0 Å². The number of ether oxygens (including phenoxy) is 1. The highest BCUT2D eigenvalue weighted by atomic mass is 16.5. The molecule has 3 rings (SSSR count). The first-order valence-corrected chi connectivity index (χ1v) is 9.32. The molecule has 0 atom stereocenters. The molecule has 0 aliphatic carbocycles. The fourth-order valence-corrected chi connectivity index (χ4v) is 3.00. The van der Waals surface area contributed by atoms with Crippen molar-refractivity contribution < 1.29 is 14.1 Å². The monoisotopic (exact) mass is 382 g/mol. The summed E-state index contributed by atoms with van der Waals surface area (Å²) < 4.78 is 13.0. The minimum Gasteiger partial charge on any atom is -0.488 e. The standard InChI is InChI=1S/C21H26N4O3/c1-6-25-10-9-17(22-25)12-24(5)21(26)20-18(16(4)28-23-20)13-27-19-8-7-14(2)11-15(19)3/h7-11H,6,12-13H2,1-5H3. The van der Waals surface area contributed by atoms with Gasteiger partial charge in [-0.25, -0.2) is 0 Å². The summed E-state index contributed by atoms with van der Waals surface area (Å²) in [6, 6.07) is 7.90. The molecule has 0 bridgehead atoms. The van der Waals surface area contributed by atoms with Gasteiger partial charge in [0.25, 0.3) is 5.91 Å². The molecule has 0 aliphatic rings. The van der Waals surface area contributed by atoms with Gasteiger partial charge in [-0.1, -0.05) is 22.9 Å². The molecule has 0 unspecified atom stereocenters. The average Bonchev–Trinajstić information content (AvgIpc) is 3.27. The topological polar surface area (TPSA) is 73.4 Å². The highest BCUT2D eigenvalue weighted by molar-refractivity contribution is 5.93. The van der Waals surface area contributed by atoms with Gasteiger partial charge in [-0.15, -0.1) is 0 Å². The third-order valence-electron chi connectivity index (χ3n) is 4.66. The molecule has 28 heavy (non-hydrogen) atoms. The van der Waals surface area contributed by atoms with Gasteiger partial charge < -0.3 is 14.2 Å². The van der Waals surface area contributed by atoms with Crippen LogP contribution in [0.15, 0.2) is 35.0 Å². The maximum Gasteiger partial charge on any atom is 0.276 e. The number of carbonyl (C=O) groups is 1. The summed E-state index contributed by atoms with van der Waals surface area (Å²) in [7, 11) is 1.73. The molecule has 0 saturated heterocycles. The van der Waals surface area contributed by atoms with E-state index in [1.54, 1.807) is 18.9 Å². The van der Waals surface area contributed by atoms with Crippen LogP contribution in [-0.4, -0.2) is 32.8 Å². The van der Waals surface area contributed by atoms with Crippen LogP contribution >= 0.6 is 0 Å². The van der Waals surface area contributed by atoms with Crippen LogP contribution in [-0.2, 0) is 19.7 Å². The molecule has 2 aromatic heterocycles. The number of hydrogen-bond acceptors (Lipinski definition) is 5. The van der Waals surface area contributed by atoms with E-state index in [2.05, 4.69) is 16.3 Å². The fraction of sp³-hybridized carbons (Fsp3) is 0.381. The molecule has 0 aliphatic heterocycles. The molecule has 1 amide bonds. The van der Waals surface area contributed by atoms with E-state index in [-0.39, 0.29) is 18.2 Å². The van der Waals surface area contributed by atoms with Crippen molar-refractivity contribution in [2.45, 2.75) is 47.4 Å². The first-order chi connectivity index (χ1) is 13.4. The van der Waals surface area contributed by atoms with Gasteiger partial charge in [-0.2, -0.15) is 5.10 Å². The Morgan fingerprint density at radius 3 is 2.71 bits per heavy atom. The zero-order chi connectivity index (χ0) is 20.3. The van der Waals surface area contributed by atoms with E-state index in [1.807, 2.05) is 49.8 Å². The maximum absolute atomic E-state index is 12.9. The molecule has 0 spiro atoms. The number of amides is 1. The van der Waals surface area contributed by atoms with Gasteiger partial charge in [-0.05, 0) is 45.4 Å². The summed E-state index contributed by atoms with van der Waals surface area (Å²) in [5.74, 6) is 1.14. The molecule has 7 nitrogen and oxygen atoms in total. The third kappa shape index (κ3) is 4.24. The van der Waals surface area contributed by atoms with E-state index >= 15 is 0 Å². The van der Waals surface area contributed by atoms with Gasteiger partial charge in [0, 0.05) is 19.8 Å². The number of benzene rings is 1. The highest BCUT2D eigenvalue weighted by Crippen LogP contribution is 2.23. The summed E-state index contributed by atoms with van der Waals surface area (Å²) in [6.07, 6.45) is 1.90. The molecule has 0 saturated carbocycles. The Balaban J connectivity index is 1.72. The van der Waals surface area contributed by atoms with E-state index in [0.717, 1.165) is 23.6 Å². The summed E-state index contributed by atoms with van der Waals surface area (Å²) in [4.78, 5) is 14.5. The molecule has 7 heteroatoms. The van der Waals surface area contributed by atoms with Gasteiger partial charge in [0.1, 0.15) is 18.1 Å². The van der Waals surface area contributed by atoms with E-state index in [0.29, 0.717) is 17.9 Å². The predicted molar refractivity (Wildman–Crippen MR) is 105 cm³/mol. The van der Waals surface area contributed by atoms with Gasteiger partial charge in [-0.3, -0.25) is 9.48 Å². The van der Waals surface area contributed by atoms with Crippen LogP contribution in [0.25, 0.3) is 0 Å². The van der Waals surface area contributed by atoms with Gasteiger partial charge in [0.2, 0.25) is 0 Å². The van der Waals surface area contributed by atoms with Crippen molar-refractivity contribution in [1.82, 2.24) is 19.8 Å². The van der Waals surface area contributed by atoms with Crippen molar-refractivity contribution in [3.05, 3.63) is 64.3 Å². The number of aryl methyl sites for hydroxylation is 4. The Labute approximate surface area is 164 Å². The van der Waals surface area contributed by atoms with Crippen LogP contribution < -0.4 is 4.74 Å². The number of rotatable bonds is 7. The first kappa shape index (κ1) is 19.7. The van der Waals surface area contributed by atoms with Crippen LogP contribution in [0.5, 0.6) is 5.75 Å². The number of hydrogen-bond donors (Lipinski definition) is 0. The summed E-state index contributed by atoms with van der Waals surface area (Å²) >= 11 is 0. The van der Waals surface area contributed by atoms with Gasteiger partial charge in [0.05, 0.1) is 17.8 Å². The van der Waals surface area contributed by atoms with Crippen LogP contribution in [0.3, 0.4) is 0 Å². The predicted octanol–water partition coefficient (Wildman–Crippen LogP) is 3.67. The summed E-state index contributed by atoms with van der Waals surface area (Å²) in [6.45, 7) is 9.25. The zero-order valence-electron chi connectivity index (χ0n) is 17.0. The Kier molecular flexibility index (Phi) is 5.82. The average molecular weight is 382 g/mol. The molecular weight excluding hydrogens is 356 g/mol. The van der Waals surface area contributed by atoms with Crippen molar-refractivity contribution >= 4 is 5.91 Å². The fourth-order valence-electron chi connectivity index (χ4n) is 3.00. The second kappa shape index (κ2) is 8.29. The van der Waals surface area contributed by atoms with Crippen molar-refractivity contribution in [2.75, 3.05) is 7.05 Å². The lowest BCUT2D eigenvalue weighted by atomic mass is 10.1. The normalized spacial score (nSPS) is 10.9. The Morgan fingerprint density at radius 2 is 2.04 bits per heavy atom. The second-order valence-corrected chi connectivity index (χ2v) is 6.95. The van der Waals surface area contributed by atoms with Crippen molar-refractivity contribution in [1.29, 1.82) is 0 Å². The SMILES string of the molecule is CCn1ccc(CN(C)C(=O)c2noc(C)c2COc2ccc(C)cc2C)n1. The smallest absolute Gasteiger partial charge is 0.276 e. The number of nitrogens with zero attached hydrogens (tertiary/aromatic N) is 4. The largest absolute Gasteiger partial charge is 0.488 e. The first-order valence-electron chi connectivity index (χ1n) is 9.32. The molecule has 0 fully saturated rings. The lowest BCUT2D eigenvalue weighted by Crippen LogP contribution is -2.28. The third-order valence-corrected chi connectivity index (χ3v) is 4.66. The van der Waals surface area contributed by atoms with Crippen LogP contribution in [0.2, 0.25) is 0 Å². The quantitative estimate of drug-likeness (QED) is 0.623. The van der Waals surface area contributed by atoms with Crippen LogP contribution in [0, 0.1) is 20.8 Å². The Morgan fingerprint density at radius 1 is 1.25 bits per heavy atom. The minimum atomic E-state index is -0.220. The molecule has 0 N–H and O–H groups in total. The number of carbonyl (C=O) groups excluding carboxylic acids is 1. The van der Waals surface area contributed by atoms with E-state index < -0.39 is 0 Å². The Bertz CT molecular complexity index is 974. The minimum absolute atomic E-state index is 0.220. The molecule has 1 aromatic carbocycles. The van der Waals surface area contributed by atoms with Gasteiger partial charge >= 0.3 is 0 Å². The van der Waals surface area contributed by atoms with Crippen molar-refractivity contribution in [3.8, 4) is 5.75 Å². The zero-order valence-corrected chi connectivity index (χ0v) is 17.0. The molecular formula is C21H26N4O3. The molecule has 3 aromatic rings. The molecule has 0 radical (unpaired) electrons. The Hall–Kier alpha value is -3.09. The second-order valence-electron chi connectivity index (χ2n) is 6.95. The summed E-state index contributed by atoms with van der Waals surface area (Å²) in [5, 5.41) is 8.40. The van der Waals surface area contributed by atoms with E-state index in [1.165, 1.54) is 5.56 Å². The lowest BCUT2D eigenvalue weighted by Gasteiger charge is -2.15. The molecule has 148 valence electrons. The van der Waals surface area contributed by atoms with Crippen LogP contribution in [0.1, 0.15) is 45.6 Å². The van der Waals surface area contributed by atoms with E-state index in [9.17, 15) is 4.79 Å². The highest BCUT2D eigenvalue weighted by Gasteiger charge is 2.24. The maximum atomic E-state index is 12.9. The van der Waals surface area contributed by atoms with Crippen molar-refractivity contribution in [2.24, 2.45) is 0 Å². The van der Waals surface area contributed by atoms with Gasteiger partial charge in [0.15, 0.2) is 5.69 Å². The summed E-state index contributed by atoms with van der Waals surface area (Å²) in [5.41, 5.74) is 3.99. The lowest BCUT2D eigenvalue weighted by molar-refractivity contribution is 0.0770. The van der Waals surface area contributed by atoms with Crippen LogP contribution in [0.4, 0.5) is 0 Å². The van der Waals surface area contributed by atoms with E-state index in [4.69, 9.17) is 9.26 Å².